The molecular formula is C26H20FN3O2S2. The third kappa shape index (κ3) is 3.74. The van der Waals surface area contributed by atoms with Crippen molar-refractivity contribution in [3.8, 4) is 10.4 Å². The summed E-state index contributed by atoms with van der Waals surface area (Å²) in [6.07, 6.45) is 0. The molecule has 170 valence electrons. The van der Waals surface area contributed by atoms with Gasteiger partial charge in [0.1, 0.15) is 18.0 Å². The molecule has 1 amide bonds. The maximum atomic E-state index is 14.1. The van der Waals surface area contributed by atoms with Gasteiger partial charge in [-0.15, -0.1) is 11.3 Å². The number of anilines is 1. The molecule has 0 fully saturated rings. The van der Waals surface area contributed by atoms with E-state index in [4.69, 9.17) is 12.2 Å². The van der Waals surface area contributed by atoms with Crippen molar-refractivity contribution in [1.29, 1.82) is 0 Å². The Labute approximate surface area is 203 Å². The summed E-state index contributed by atoms with van der Waals surface area (Å²) in [6, 6.07) is 22.7. The van der Waals surface area contributed by atoms with Crippen LogP contribution in [0.15, 0.2) is 83.7 Å². The predicted octanol–water partition coefficient (Wildman–Crippen LogP) is 5.90. The molecule has 0 N–H and O–H groups in total. The normalized spacial score (nSPS) is 11.2. The average Bonchev–Trinajstić information content (AvgIpc) is 3.20. The van der Waals surface area contributed by atoms with Crippen molar-refractivity contribution in [3.63, 3.8) is 0 Å². The molecule has 5 aromatic rings. The number of nitrogens with zero attached hydrogens (tertiary/aromatic N) is 3. The second kappa shape index (κ2) is 8.96. The zero-order valence-corrected chi connectivity index (χ0v) is 19.9. The number of aromatic nitrogens is 2. The first-order chi connectivity index (χ1) is 16.5. The molecule has 0 radical (unpaired) electrons. The van der Waals surface area contributed by atoms with Crippen LogP contribution in [0.1, 0.15) is 6.92 Å². The van der Waals surface area contributed by atoms with Crippen LogP contribution in [0, 0.1) is 9.77 Å². The summed E-state index contributed by atoms with van der Waals surface area (Å²) < 4.78 is 17.9. The van der Waals surface area contributed by atoms with Crippen LogP contribution in [-0.4, -0.2) is 21.4 Å². The number of likely N-dealkylation sites (N-methyl/N-ethyl adjacent to an activating group) is 1. The van der Waals surface area contributed by atoms with Crippen molar-refractivity contribution in [2.75, 3.05) is 11.4 Å². The molecule has 8 heteroatoms. The first-order valence-electron chi connectivity index (χ1n) is 10.8. The number of fused-ring (bicyclic) bond motifs is 3. The van der Waals surface area contributed by atoms with Crippen LogP contribution in [0.2, 0.25) is 0 Å². The second-order valence-electron chi connectivity index (χ2n) is 7.75. The number of thiazole rings is 1. The summed E-state index contributed by atoms with van der Waals surface area (Å²) in [5, 5.41) is 0.463. The fraction of sp³-hybridized carbons (Fsp3) is 0.115. The Morgan fingerprint density at radius 1 is 1.03 bits per heavy atom. The van der Waals surface area contributed by atoms with Gasteiger partial charge in [-0.05, 0) is 61.1 Å². The highest BCUT2D eigenvalue weighted by Gasteiger charge is 2.22. The summed E-state index contributed by atoms with van der Waals surface area (Å²) in [5.74, 6) is -0.614. The molecular weight excluding hydrogens is 469 g/mol. The Morgan fingerprint density at radius 2 is 1.76 bits per heavy atom. The number of rotatable bonds is 5. The lowest BCUT2D eigenvalue weighted by Crippen LogP contribution is -2.37. The van der Waals surface area contributed by atoms with Gasteiger partial charge in [-0.1, -0.05) is 42.5 Å². The number of para-hydroxylation sites is 2. The monoisotopic (exact) mass is 489 g/mol. The molecule has 3 aromatic carbocycles. The van der Waals surface area contributed by atoms with E-state index in [0.29, 0.717) is 37.5 Å². The largest absolute Gasteiger partial charge is 0.311 e. The lowest BCUT2D eigenvalue weighted by Gasteiger charge is -2.22. The SMILES string of the molecule is CCN(C(=O)Cn1c(=O)c2ccccc2n2c(=S)sc(-c3cccc(F)c3)c12)c1ccccc1. The molecule has 0 aliphatic carbocycles. The summed E-state index contributed by atoms with van der Waals surface area (Å²) >= 11 is 6.97. The van der Waals surface area contributed by atoms with E-state index in [1.54, 1.807) is 29.2 Å². The van der Waals surface area contributed by atoms with E-state index in [1.165, 1.54) is 28.0 Å². The summed E-state index contributed by atoms with van der Waals surface area (Å²) in [6.45, 7) is 2.17. The van der Waals surface area contributed by atoms with Gasteiger partial charge in [0.15, 0.2) is 3.95 Å². The van der Waals surface area contributed by atoms with Crippen molar-refractivity contribution in [1.82, 2.24) is 8.97 Å². The molecule has 0 bridgehead atoms. The van der Waals surface area contributed by atoms with Crippen LogP contribution in [0.25, 0.3) is 27.0 Å². The molecule has 2 heterocycles. The van der Waals surface area contributed by atoms with E-state index in [-0.39, 0.29) is 23.8 Å². The van der Waals surface area contributed by atoms with E-state index < -0.39 is 0 Å². The van der Waals surface area contributed by atoms with Crippen LogP contribution in [0.5, 0.6) is 0 Å². The minimum atomic E-state index is -0.387. The molecule has 34 heavy (non-hydrogen) atoms. The third-order valence-electron chi connectivity index (χ3n) is 5.73. The number of hydrogen-bond acceptors (Lipinski definition) is 4. The van der Waals surface area contributed by atoms with Crippen LogP contribution < -0.4 is 10.5 Å². The maximum absolute atomic E-state index is 14.1. The summed E-state index contributed by atoms with van der Waals surface area (Å²) in [7, 11) is 0. The molecule has 0 saturated carbocycles. The highest BCUT2D eigenvalue weighted by molar-refractivity contribution is 7.73. The summed E-state index contributed by atoms with van der Waals surface area (Å²) in [4.78, 5) is 29.4. The number of halogens is 1. The van der Waals surface area contributed by atoms with Gasteiger partial charge in [0.05, 0.1) is 15.8 Å². The maximum Gasteiger partial charge on any atom is 0.262 e. The van der Waals surface area contributed by atoms with Gasteiger partial charge < -0.3 is 4.90 Å². The van der Waals surface area contributed by atoms with Gasteiger partial charge in [0.25, 0.3) is 5.56 Å². The van der Waals surface area contributed by atoms with Gasteiger partial charge in [-0.25, -0.2) is 4.39 Å². The Morgan fingerprint density at radius 3 is 2.50 bits per heavy atom. The molecule has 5 rings (SSSR count). The van der Waals surface area contributed by atoms with Crippen LogP contribution in [0.3, 0.4) is 0 Å². The Balaban J connectivity index is 1.78. The Hall–Kier alpha value is -3.62. The molecule has 0 saturated heterocycles. The molecule has 0 unspecified atom stereocenters. The van der Waals surface area contributed by atoms with Crippen LogP contribution >= 0.6 is 23.6 Å². The highest BCUT2D eigenvalue weighted by atomic mass is 32.1. The predicted molar refractivity (Wildman–Crippen MR) is 138 cm³/mol. The van der Waals surface area contributed by atoms with Crippen LogP contribution in [0.4, 0.5) is 10.1 Å². The van der Waals surface area contributed by atoms with E-state index in [2.05, 4.69) is 0 Å². The molecule has 0 aliphatic heterocycles. The molecule has 2 aromatic heterocycles. The van der Waals surface area contributed by atoms with E-state index in [9.17, 15) is 14.0 Å². The van der Waals surface area contributed by atoms with Crippen molar-refractivity contribution < 1.29 is 9.18 Å². The zero-order chi connectivity index (χ0) is 23.8. The Bertz CT molecular complexity index is 1650. The topological polar surface area (TPSA) is 46.7 Å². The van der Waals surface area contributed by atoms with Crippen molar-refractivity contribution in [3.05, 3.63) is 99.0 Å². The fourth-order valence-corrected chi connectivity index (χ4v) is 5.63. The number of amides is 1. The van der Waals surface area contributed by atoms with Crippen molar-refractivity contribution in [2.24, 2.45) is 0 Å². The lowest BCUT2D eigenvalue weighted by atomic mass is 10.2. The van der Waals surface area contributed by atoms with E-state index in [0.717, 1.165) is 5.69 Å². The Kier molecular flexibility index (Phi) is 5.85. The first kappa shape index (κ1) is 22.2. The second-order valence-corrected chi connectivity index (χ2v) is 9.39. The zero-order valence-electron chi connectivity index (χ0n) is 18.3. The lowest BCUT2D eigenvalue weighted by molar-refractivity contribution is -0.119. The highest BCUT2D eigenvalue weighted by Crippen LogP contribution is 2.33. The average molecular weight is 490 g/mol. The number of carbonyl (C=O) groups excluding carboxylic acids is 1. The summed E-state index contributed by atoms with van der Waals surface area (Å²) in [5.41, 5.74) is 2.21. The standard InChI is InChI=1S/C26H20FN3O2S2/c1-2-28(19-11-4-3-5-12-19)22(31)16-29-24-23(17-9-8-10-18(27)15-17)34-26(33)30(24)21-14-7-6-13-20(21)25(29)32/h3-15H,2,16H2,1H3. The van der Waals surface area contributed by atoms with Crippen LogP contribution in [-0.2, 0) is 11.3 Å². The molecule has 0 spiro atoms. The van der Waals surface area contributed by atoms with Gasteiger partial charge in [-0.3, -0.25) is 18.6 Å². The minimum absolute atomic E-state index is 0.177. The van der Waals surface area contributed by atoms with Gasteiger partial charge in [-0.2, -0.15) is 0 Å². The molecule has 0 aliphatic rings. The number of hydrogen-bond donors (Lipinski definition) is 0. The van der Waals surface area contributed by atoms with Crippen molar-refractivity contribution in [2.45, 2.75) is 13.5 Å². The van der Waals surface area contributed by atoms with Gasteiger partial charge >= 0.3 is 0 Å². The number of benzene rings is 3. The van der Waals surface area contributed by atoms with Gasteiger partial charge in [0, 0.05) is 12.2 Å². The minimum Gasteiger partial charge on any atom is -0.311 e. The quantitative estimate of drug-likeness (QED) is 0.289. The molecule has 0 atom stereocenters. The smallest absolute Gasteiger partial charge is 0.262 e. The number of carbonyl (C=O) groups is 1. The van der Waals surface area contributed by atoms with Crippen molar-refractivity contribution >= 4 is 51.7 Å². The van der Waals surface area contributed by atoms with Gasteiger partial charge in [0.2, 0.25) is 5.91 Å². The van der Waals surface area contributed by atoms with E-state index >= 15 is 0 Å². The fourth-order valence-electron chi connectivity index (χ4n) is 4.21. The first-order valence-corrected chi connectivity index (χ1v) is 12.0. The van der Waals surface area contributed by atoms with E-state index in [1.807, 2.05) is 53.8 Å². The molecule has 5 nitrogen and oxygen atoms in total. The third-order valence-corrected chi connectivity index (χ3v) is 7.14.